The van der Waals surface area contributed by atoms with Crippen molar-refractivity contribution in [2.24, 2.45) is 0 Å². The molecule has 0 unspecified atom stereocenters. The van der Waals surface area contributed by atoms with Gasteiger partial charge in [-0.05, 0) is 32.9 Å². The molecule has 0 saturated carbocycles. The number of benzene rings is 1. The Balaban J connectivity index is 3.29. The number of halogens is 3. The lowest BCUT2D eigenvalue weighted by Crippen LogP contribution is -2.57. The maximum absolute atomic E-state index is 13.3. The van der Waals surface area contributed by atoms with Crippen molar-refractivity contribution in [2.45, 2.75) is 20.8 Å². The Bertz CT molecular complexity index is 389. The summed E-state index contributed by atoms with van der Waals surface area (Å²) in [5.74, 6) is -4.09. The average molecular weight is 294 g/mol. The Morgan fingerprint density at radius 3 is 1.53 bits per heavy atom. The molecule has 0 spiro atoms. The van der Waals surface area contributed by atoms with Gasteiger partial charge >= 0.3 is 8.80 Å². The van der Waals surface area contributed by atoms with Crippen LogP contribution in [0.5, 0.6) is 0 Å². The molecule has 0 amide bonds. The molecule has 1 aromatic carbocycles. The molecule has 0 fully saturated rings. The van der Waals surface area contributed by atoms with Gasteiger partial charge in [0.25, 0.3) is 0 Å². The largest absolute Gasteiger partial charge is 0.537 e. The molecule has 0 bridgehead atoms. The summed E-state index contributed by atoms with van der Waals surface area (Å²) in [7, 11) is -3.40. The molecule has 0 N–H and O–H groups in total. The first-order valence-electron chi connectivity index (χ1n) is 6.07. The number of hydrogen-bond acceptors (Lipinski definition) is 3. The fraction of sp³-hybridized carbons (Fsp3) is 0.500. The van der Waals surface area contributed by atoms with E-state index in [4.69, 9.17) is 13.3 Å². The van der Waals surface area contributed by atoms with E-state index in [1.165, 1.54) is 0 Å². The molecule has 0 atom stereocenters. The van der Waals surface area contributed by atoms with Gasteiger partial charge in [-0.25, -0.2) is 13.2 Å². The van der Waals surface area contributed by atoms with Crippen LogP contribution in [0.4, 0.5) is 13.2 Å². The highest BCUT2D eigenvalue weighted by Crippen LogP contribution is 2.15. The van der Waals surface area contributed by atoms with Gasteiger partial charge in [0.15, 0.2) is 17.5 Å². The van der Waals surface area contributed by atoms with Crippen LogP contribution < -0.4 is 5.19 Å². The van der Waals surface area contributed by atoms with Crippen molar-refractivity contribution in [3.63, 3.8) is 0 Å². The van der Waals surface area contributed by atoms with E-state index in [1.54, 1.807) is 20.8 Å². The van der Waals surface area contributed by atoms with E-state index in [0.717, 1.165) is 12.1 Å². The molecule has 0 aliphatic carbocycles. The zero-order valence-corrected chi connectivity index (χ0v) is 12.1. The molecule has 0 radical (unpaired) electrons. The zero-order valence-electron chi connectivity index (χ0n) is 11.1. The minimum Gasteiger partial charge on any atom is -0.370 e. The Morgan fingerprint density at radius 1 is 0.842 bits per heavy atom. The monoisotopic (exact) mass is 294 g/mol. The van der Waals surface area contributed by atoms with Crippen LogP contribution in [0, 0.1) is 17.5 Å². The molecule has 3 nitrogen and oxygen atoms in total. The van der Waals surface area contributed by atoms with Gasteiger partial charge in [0.2, 0.25) is 0 Å². The van der Waals surface area contributed by atoms with E-state index in [-0.39, 0.29) is 25.0 Å². The molecule has 1 rings (SSSR count). The second kappa shape index (κ2) is 7.04. The van der Waals surface area contributed by atoms with E-state index in [9.17, 15) is 13.2 Å². The van der Waals surface area contributed by atoms with Gasteiger partial charge in [-0.1, -0.05) is 0 Å². The third-order valence-corrected chi connectivity index (χ3v) is 5.34. The topological polar surface area (TPSA) is 27.7 Å². The second-order valence-electron chi connectivity index (χ2n) is 3.61. The highest BCUT2D eigenvalue weighted by molar-refractivity contribution is 6.75. The first-order chi connectivity index (χ1) is 9.00. The van der Waals surface area contributed by atoms with Crippen LogP contribution in [0.3, 0.4) is 0 Å². The SMILES string of the molecule is CCO[Si](OCC)(OCC)c1cc(F)c(F)c(F)c1. The van der Waals surface area contributed by atoms with Crippen molar-refractivity contribution in [2.75, 3.05) is 19.8 Å². The van der Waals surface area contributed by atoms with Crippen LogP contribution in [0.1, 0.15) is 20.8 Å². The summed E-state index contributed by atoms with van der Waals surface area (Å²) in [5, 5.41) is 0.0782. The molecule has 0 aromatic heterocycles. The molecule has 0 heterocycles. The summed E-state index contributed by atoms with van der Waals surface area (Å²) < 4.78 is 56.1. The van der Waals surface area contributed by atoms with Crippen molar-refractivity contribution in [1.29, 1.82) is 0 Å². The third kappa shape index (κ3) is 3.56. The normalized spacial score (nSPS) is 11.9. The van der Waals surface area contributed by atoms with Gasteiger partial charge in [-0.15, -0.1) is 0 Å². The lowest BCUT2D eigenvalue weighted by molar-refractivity contribution is 0.0857. The van der Waals surface area contributed by atoms with Crippen molar-refractivity contribution in [3.05, 3.63) is 29.6 Å². The smallest absolute Gasteiger partial charge is 0.370 e. The molecule has 0 aliphatic rings. The first-order valence-corrected chi connectivity index (χ1v) is 7.80. The van der Waals surface area contributed by atoms with Crippen LogP contribution >= 0.6 is 0 Å². The summed E-state index contributed by atoms with van der Waals surface area (Å²) in [4.78, 5) is 0. The predicted molar refractivity (Wildman–Crippen MR) is 66.6 cm³/mol. The first kappa shape index (κ1) is 16.2. The summed E-state index contributed by atoms with van der Waals surface area (Å²) in [6.07, 6.45) is 0. The highest BCUT2D eigenvalue weighted by Gasteiger charge is 2.44. The van der Waals surface area contributed by atoms with Crippen LogP contribution in [0.15, 0.2) is 12.1 Å². The molecule has 19 heavy (non-hydrogen) atoms. The van der Waals surface area contributed by atoms with Gasteiger partial charge in [0.05, 0.1) is 0 Å². The summed E-state index contributed by atoms with van der Waals surface area (Å²) in [6.45, 7) is 5.93. The van der Waals surface area contributed by atoms with E-state index >= 15 is 0 Å². The van der Waals surface area contributed by atoms with Crippen LogP contribution in [0.2, 0.25) is 0 Å². The minimum atomic E-state index is -3.40. The standard InChI is InChI=1S/C12H17F3O3Si/c1-4-16-19(17-5-2,18-6-3)9-7-10(13)12(15)11(14)8-9/h7-8H,4-6H2,1-3H3. The van der Waals surface area contributed by atoms with Crippen molar-refractivity contribution >= 4 is 14.0 Å². The number of hydrogen-bond donors (Lipinski definition) is 0. The molecule has 1 aromatic rings. The third-order valence-electron chi connectivity index (χ3n) is 2.34. The summed E-state index contributed by atoms with van der Waals surface area (Å²) >= 11 is 0. The van der Waals surface area contributed by atoms with E-state index in [2.05, 4.69) is 0 Å². The predicted octanol–water partition coefficient (Wildman–Crippen LogP) is 2.36. The molecular weight excluding hydrogens is 277 g/mol. The van der Waals surface area contributed by atoms with Crippen LogP contribution in [-0.4, -0.2) is 28.6 Å². The number of rotatable bonds is 7. The van der Waals surface area contributed by atoms with Gasteiger partial charge < -0.3 is 13.3 Å². The van der Waals surface area contributed by atoms with Crippen LogP contribution in [-0.2, 0) is 13.3 Å². The van der Waals surface area contributed by atoms with Gasteiger partial charge in [-0.3, -0.25) is 0 Å². The lowest BCUT2D eigenvalue weighted by atomic mass is 10.3. The molecule has 0 aliphatic heterocycles. The molecular formula is C12H17F3O3Si. The van der Waals surface area contributed by atoms with Gasteiger partial charge in [0.1, 0.15) is 0 Å². The fourth-order valence-corrected chi connectivity index (χ4v) is 4.17. The van der Waals surface area contributed by atoms with E-state index < -0.39 is 26.3 Å². The van der Waals surface area contributed by atoms with Crippen molar-refractivity contribution < 1.29 is 26.4 Å². The Kier molecular flexibility index (Phi) is 5.99. The van der Waals surface area contributed by atoms with Crippen molar-refractivity contribution in [3.8, 4) is 0 Å². The lowest BCUT2D eigenvalue weighted by Gasteiger charge is -2.28. The van der Waals surface area contributed by atoms with E-state index in [0.29, 0.717) is 0 Å². The molecule has 7 heteroatoms. The van der Waals surface area contributed by atoms with Crippen molar-refractivity contribution in [1.82, 2.24) is 0 Å². The summed E-state index contributed by atoms with van der Waals surface area (Å²) in [6, 6.07) is 1.73. The second-order valence-corrected chi connectivity index (χ2v) is 6.16. The molecule has 0 saturated heterocycles. The van der Waals surface area contributed by atoms with E-state index in [1.807, 2.05) is 0 Å². The van der Waals surface area contributed by atoms with Crippen LogP contribution in [0.25, 0.3) is 0 Å². The maximum Gasteiger partial charge on any atom is 0.537 e. The fourth-order valence-electron chi connectivity index (χ4n) is 1.68. The summed E-state index contributed by atoms with van der Waals surface area (Å²) in [5.41, 5.74) is 0. The van der Waals surface area contributed by atoms with Gasteiger partial charge in [-0.2, -0.15) is 0 Å². The van der Waals surface area contributed by atoms with Gasteiger partial charge in [0, 0.05) is 25.0 Å². The molecule has 108 valence electrons. The maximum atomic E-state index is 13.3. The Hall–Kier alpha value is -0.893. The average Bonchev–Trinajstić information content (AvgIpc) is 2.36. The Labute approximate surface area is 111 Å². The zero-order chi connectivity index (χ0) is 14.5. The quantitative estimate of drug-likeness (QED) is 0.571. The minimum absolute atomic E-state index is 0.0782. The Morgan fingerprint density at radius 2 is 1.21 bits per heavy atom. The highest BCUT2D eigenvalue weighted by atomic mass is 28.4.